The number of carbonyl (C=O) groups excluding carboxylic acids is 1. The van der Waals surface area contributed by atoms with E-state index in [1.165, 1.54) is 4.80 Å². The van der Waals surface area contributed by atoms with Crippen molar-refractivity contribution in [3.05, 3.63) is 42.2 Å². The van der Waals surface area contributed by atoms with E-state index in [1.807, 2.05) is 29.2 Å². The van der Waals surface area contributed by atoms with Gasteiger partial charge in [-0.05, 0) is 32.0 Å². The van der Waals surface area contributed by atoms with Crippen molar-refractivity contribution in [3.8, 4) is 5.69 Å². The number of rotatable bonds is 2. The molecular weight excluding hydrogens is 302 g/mol. The van der Waals surface area contributed by atoms with Crippen molar-refractivity contribution in [2.45, 2.75) is 19.4 Å². The number of nitrogens with zero attached hydrogens (tertiary/aromatic N) is 4. The Bertz CT molecular complexity index is 616. The number of amides is 1. The second-order valence-electron chi connectivity index (χ2n) is 5.22. The molecule has 1 aromatic carbocycles. The number of carbonyl (C=O) groups is 1. The molecule has 7 heteroatoms. The van der Waals surface area contributed by atoms with Gasteiger partial charge in [-0.15, -0.1) is 12.4 Å². The molecule has 1 fully saturated rings. The molecule has 1 aliphatic heterocycles. The van der Waals surface area contributed by atoms with Crippen LogP contribution in [-0.2, 0) is 0 Å². The molecule has 6 nitrogen and oxygen atoms in total. The molecule has 22 heavy (non-hydrogen) atoms. The molecule has 0 spiro atoms. The smallest absolute Gasteiger partial charge is 0.256 e. The maximum atomic E-state index is 12.9. The highest BCUT2D eigenvalue weighted by molar-refractivity contribution is 5.97. The van der Waals surface area contributed by atoms with Gasteiger partial charge in [0.1, 0.15) is 0 Å². The molecule has 1 atom stereocenters. The molecule has 0 unspecified atom stereocenters. The standard InChI is InChI=1S/C15H19N5O.ClH/c1-12-6-7-16-10-11-19(12)15(21)13-4-2-3-5-14(13)20-17-8-9-18-20;/h2-5,8-9,12,16H,6-7,10-11H2,1H3;1H/t12-;/m1./s1. The molecule has 0 aliphatic carbocycles. The molecule has 1 saturated heterocycles. The fourth-order valence-corrected chi connectivity index (χ4v) is 2.64. The van der Waals surface area contributed by atoms with Gasteiger partial charge in [0.25, 0.3) is 5.91 Å². The lowest BCUT2D eigenvalue weighted by Crippen LogP contribution is -2.40. The van der Waals surface area contributed by atoms with E-state index in [2.05, 4.69) is 22.4 Å². The number of para-hydroxylation sites is 1. The first-order valence-corrected chi connectivity index (χ1v) is 7.25. The topological polar surface area (TPSA) is 63.1 Å². The molecule has 0 saturated carbocycles. The molecule has 2 aromatic rings. The Kier molecular flexibility index (Phi) is 5.51. The molecule has 118 valence electrons. The summed E-state index contributed by atoms with van der Waals surface area (Å²) >= 11 is 0. The van der Waals surface area contributed by atoms with Gasteiger partial charge in [0.15, 0.2) is 0 Å². The van der Waals surface area contributed by atoms with Crippen molar-refractivity contribution < 1.29 is 4.79 Å². The first-order valence-electron chi connectivity index (χ1n) is 7.25. The van der Waals surface area contributed by atoms with Crippen LogP contribution in [0.1, 0.15) is 23.7 Å². The fraction of sp³-hybridized carbons (Fsp3) is 0.400. The minimum absolute atomic E-state index is 0. The van der Waals surface area contributed by atoms with Crippen LogP contribution in [0.2, 0.25) is 0 Å². The van der Waals surface area contributed by atoms with E-state index in [9.17, 15) is 4.79 Å². The third kappa shape index (κ3) is 3.28. The SMILES string of the molecule is C[C@@H]1CCNCCN1C(=O)c1ccccc1-n1nccn1.Cl. The van der Waals surface area contributed by atoms with Crippen LogP contribution in [0.5, 0.6) is 0 Å². The maximum Gasteiger partial charge on any atom is 0.256 e. The average molecular weight is 322 g/mol. The Morgan fingerprint density at radius 3 is 2.73 bits per heavy atom. The van der Waals surface area contributed by atoms with Crippen LogP contribution >= 0.6 is 12.4 Å². The highest BCUT2D eigenvalue weighted by atomic mass is 35.5. The van der Waals surface area contributed by atoms with E-state index in [4.69, 9.17) is 0 Å². The van der Waals surface area contributed by atoms with E-state index in [1.54, 1.807) is 12.4 Å². The zero-order chi connectivity index (χ0) is 14.7. The number of halogens is 1. The summed E-state index contributed by atoms with van der Waals surface area (Å²) < 4.78 is 0. The summed E-state index contributed by atoms with van der Waals surface area (Å²) in [7, 11) is 0. The quantitative estimate of drug-likeness (QED) is 0.911. The number of hydrogen-bond donors (Lipinski definition) is 1. The lowest BCUT2D eigenvalue weighted by atomic mass is 10.1. The third-order valence-electron chi connectivity index (χ3n) is 3.83. The summed E-state index contributed by atoms with van der Waals surface area (Å²) in [5.41, 5.74) is 1.36. The van der Waals surface area contributed by atoms with Gasteiger partial charge >= 0.3 is 0 Å². The minimum atomic E-state index is 0. The summed E-state index contributed by atoms with van der Waals surface area (Å²) in [5, 5.41) is 11.6. The molecule has 0 bridgehead atoms. The van der Waals surface area contributed by atoms with Gasteiger partial charge in [-0.25, -0.2) is 0 Å². The van der Waals surface area contributed by atoms with E-state index in [-0.39, 0.29) is 24.4 Å². The van der Waals surface area contributed by atoms with Gasteiger partial charge in [-0.3, -0.25) is 4.79 Å². The maximum absolute atomic E-state index is 12.9. The fourth-order valence-electron chi connectivity index (χ4n) is 2.64. The molecule has 1 aromatic heterocycles. The highest BCUT2D eigenvalue weighted by Gasteiger charge is 2.25. The summed E-state index contributed by atoms with van der Waals surface area (Å²) in [6.07, 6.45) is 4.19. The normalized spacial score (nSPS) is 18.4. The van der Waals surface area contributed by atoms with Crippen LogP contribution in [0.3, 0.4) is 0 Å². The second-order valence-corrected chi connectivity index (χ2v) is 5.22. The van der Waals surface area contributed by atoms with Crippen LogP contribution in [0.4, 0.5) is 0 Å². The van der Waals surface area contributed by atoms with Crippen LogP contribution in [0.25, 0.3) is 5.69 Å². The highest BCUT2D eigenvalue weighted by Crippen LogP contribution is 2.18. The van der Waals surface area contributed by atoms with Crippen molar-refractivity contribution in [2.24, 2.45) is 0 Å². The zero-order valence-electron chi connectivity index (χ0n) is 12.5. The molecule has 1 aliphatic rings. The Balaban J connectivity index is 0.00000176. The van der Waals surface area contributed by atoms with Crippen molar-refractivity contribution in [1.29, 1.82) is 0 Å². The molecule has 3 rings (SSSR count). The minimum Gasteiger partial charge on any atom is -0.335 e. The van der Waals surface area contributed by atoms with E-state index in [0.717, 1.165) is 31.7 Å². The number of aromatic nitrogens is 3. The summed E-state index contributed by atoms with van der Waals surface area (Å²) in [6, 6.07) is 7.70. The van der Waals surface area contributed by atoms with Crippen LogP contribution in [0.15, 0.2) is 36.7 Å². The average Bonchev–Trinajstić information content (AvgIpc) is 2.96. The Hall–Kier alpha value is -1.92. The molecule has 0 radical (unpaired) electrons. The van der Waals surface area contributed by atoms with Crippen molar-refractivity contribution >= 4 is 18.3 Å². The van der Waals surface area contributed by atoms with Gasteiger partial charge < -0.3 is 10.2 Å². The predicted molar refractivity (Wildman–Crippen MR) is 86.6 cm³/mol. The van der Waals surface area contributed by atoms with Gasteiger partial charge in [0.05, 0.1) is 23.6 Å². The first kappa shape index (κ1) is 16.5. The van der Waals surface area contributed by atoms with Gasteiger partial charge in [-0.1, -0.05) is 12.1 Å². The van der Waals surface area contributed by atoms with Crippen LogP contribution < -0.4 is 5.32 Å². The van der Waals surface area contributed by atoms with E-state index in [0.29, 0.717) is 5.56 Å². The summed E-state index contributed by atoms with van der Waals surface area (Å²) in [5.74, 6) is 0.0408. The molecule has 1 amide bonds. The number of nitrogens with one attached hydrogen (secondary N) is 1. The second kappa shape index (κ2) is 7.38. The predicted octanol–water partition coefficient (Wildman–Crippen LogP) is 1.51. The van der Waals surface area contributed by atoms with Crippen molar-refractivity contribution in [1.82, 2.24) is 25.2 Å². The van der Waals surface area contributed by atoms with E-state index < -0.39 is 0 Å². The molecule has 2 heterocycles. The van der Waals surface area contributed by atoms with Crippen molar-refractivity contribution in [3.63, 3.8) is 0 Å². The number of benzene rings is 1. The van der Waals surface area contributed by atoms with Crippen molar-refractivity contribution in [2.75, 3.05) is 19.6 Å². The Labute approximate surface area is 135 Å². The molecular formula is C15H20ClN5O. The zero-order valence-corrected chi connectivity index (χ0v) is 13.3. The first-order chi connectivity index (χ1) is 10.3. The summed E-state index contributed by atoms with van der Waals surface area (Å²) in [6.45, 7) is 4.60. The lowest BCUT2D eigenvalue weighted by Gasteiger charge is -2.27. The van der Waals surface area contributed by atoms with Gasteiger partial charge in [0, 0.05) is 19.1 Å². The third-order valence-corrected chi connectivity index (χ3v) is 3.83. The summed E-state index contributed by atoms with van der Waals surface area (Å²) in [4.78, 5) is 16.3. The largest absolute Gasteiger partial charge is 0.335 e. The lowest BCUT2D eigenvalue weighted by molar-refractivity contribution is 0.0704. The number of hydrogen-bond acceptors (Lipinski definition) is 4. The van der Waals surface area contributed by atoms with Gasteiger partial charge in [0.2, 0.25) is 0 Å². The van der Waals surface area contributed by atoms with Crippen LogP contribution in [0, 0.1) is 0 Å². The monoisotopic (exact) mass is 321 g/mol. The Morgan fingerprint density at radius 2 is 1.95 bits per heavy atom. The molecule has 1 N–H and O–H groups in total. The van der Waals surface area contributed by atoms with Gasteiger partial charge in [-0.2, -0.15) is 15.0 Å². The Morgan fingerprint density at radius 1 is 1.23 bits per heavy atom. The van der Waals surface area contributed by atoms with Crippen LogP contribution in [-0.4, -0.2) is 51.5 Å². The van der Waals surface area contributed by atoms with E-state index >= 15 is 0 Å².